The summed E-state index contributed by atoms with van der Waals surface area (Å²) in [6, 6.07) is 9.01. The van der Waals surface area contributed by atoms with Gasteiger partial charge in [0.15, 0.2) is 0 Å². The van der Waals surface area contributed by atoms with Gasteiger partial charge in [-0.2, -0.15) is 4.98 Å². The average Bonchev–Trinajstić information content (AvgIpc) is 3.38. The molecule has 1 aliphatic carbocycles. The number of carbonyl (C=O) groups is 1. The molecule has 0 bridgehead atoms. The monoisotopic (exact) mass is 382 g/mol. The molecule has 1 aliphatic heterocycles. The lowest BCUT2D eigenvalue weighted by Gasteiger charge is -2.26. The number of amides is 1. The summed E-state index contributed by atoms with van der Waals surface area (Å²) in [6.07, 6.45) is 5.96. The molecular weight excluding hydrogens is 356 g/mol. The Morgan fingerprint density at radius 3 is 2.75 bits per heavy atom. The van der Waals surface area contributed by atoms with Crippen LogP contribution in [0.5, 0.6) is 0 Å². The van der Waals surface area contributed by atoms with Gasteiger partial charge >= 0.3 is 0 Å². The summed E-state index contributed by atoms with van der Waals surface area (Å²) < 4.78 is 5.34. The highest BCUT2D eigenvalue weighted by Gasteiger charge is 2.25. The molecule has 1 amide bonds. The van der Waals surface area contributed by atoms with Crippen molar-refractivity contribution in [2.24, 2.45) is 5.73 Å². The molecule has 8 nitrogen and oxygen atoms in total. The van der Waals surface area contributed by atoms with Crippen molar-refractivity contribution in [2.45, 2.75) is 37.8 Å². The third kappa shape index (κ3) is 4.17. The van der Waals surface area contributed by atoms with Crippen LogP contribution in [0.2, 0.25) is 0 Å². The van der Waals surface area contributed by atoms with Gasteiger partial charge in [0.05, 0.1) is 18.2 Å². The van der Waals surface area contributed by atoms with Gasteiger partial charge in [0.2, 0.25) is 5.95 Å². The molecule has 1 saturated heterocycles. The van der Waals surface area contributed by atoms with Crippen LogP contribution in [0.4, 0.5) is 23.1 Å². The molecule has 2 aliphatic rings. The fraction of sp³-hybridized carbons (Fsp3) is 0.450. The zero-order valence-corrected chi connectivity index (χ0v) is 16.0. The first-order valence-electron chi connectivity index (χ1n) is 9.70. The highest BCUT2D eigenvalue weighted by molar-refractivity contribution is 5.97. The highest BCUT2D eigenvalue weighted by Crippen LogP contribution is 2.29. The molecule has 8 heteroatoms. The second-order valence-electron chi connectivity index (χ2n) is 7.36. The predicted molar refractivity (Wildman–Crippen MR) is 109 cm³/mol. The number of benzene rings is 1. The van der Waals surface area contributed by atoms with E-state index in [9.17, 15) is 4.79 Å². The van der Waals surface area contributed by atoms with E-state index in [1.165, 1.54) is 18.3 Å². The number of anilines is 4. The van der Waals surface area contributed by atoms with E-state index in [-0.39, 0.29) is 0 Å². The van der Waals surface area contributed by atoms with Crippen LogP contribution in [0.3, 0.4) is 0 Å². The maximum atomic E-state index is 11.6. The van der Waals surface area contributed by atoms with Gasteiger partial charge in [0.1, 0.15) is 5.82 Å². The van der Waals surface area contributed by atoms with Crippen molar-refractivity contribution in [1.29, 1.82) is 0 Å². The van der Waals surface area contributed by atoms with Gasteiger partial charge in [0, 0.05) is 37.3 Å². The smallest absolute Gasteiger partial charge is 0.254 e. The van der Waals surface area contributed by atoms with E-state index >= 15 is 0 Å². The first-order valence-corrected chi connectivity index (χ1v) is 9.70. The molecule has 2 fully saturated rings. The number of nitrogens with two attached hydrogens (primary N) is 1. The van der Waals surface area contributed by atoms with Crippen LogP contribution < -0.4 is 21.3 Å². The Balaban J connectivity index is 1.47. The Morgan fingerprint density at radius 1 is 1.29 bits per heavy atom. The first kappa shape index (κ1) is 18.5. The van der Waals surface area contributed by atoms with E-state index in [4.69, 9.17) is 10.5 Å². The summed E-state index contributed by atoms with van der Waals surface area (Å²) in [5.74, 6) is 0.387. The minimum absolute atomic E-state index is 0.311. The second kappa shape index (κ2) is 8.02. The van der Waals surface area contributed by atoms with Gasteiger partial charge in [-0.15, -0.1) is 0 Å². The van der Waals surface area contributed by atoms with Gasteiger partial charge in [-0.3, -0.25) is 4.79 Å². The van der Waals surface area contributed by atoms with Gasteiger partial charge in [-0.05, 0) is 49.9 Å². The molecule has 1 aromatic carbocycles. The van der Waals surface area contributed by atoms with E-state index in [2.05, 4.69) is 37.6 Å². The summed E-state index contributed by atoms with van der Waals surface area (Å²) in [6.45, 7) is 1.80. The van der Waals surface area contributed by atoms with Gasteiger partial charge in [-0.25, -0.2) is 4.98 Å². The fourth-order valence-corrected chi connectivity index (χ4v) is 3.56. The predicted octanol–water partition coefficient (Wildman–Crippen LogP) is 2.51. The number of hydrogen-bond donors (Lipinski definition) is 3. The van der Waals surface area contributed by atoms with Crippen molar-refractivity contribution in [3.63, 3.8) is 0 Å². The number of carbonyl (C=O) groups excluding carboxylic acids is 1. The normalized spacial score (nSPS) is 18.9. The van der Waals surface area contributed by atoms with E-state index in [1.807, 2.05) is 12.1 Å². The number of ether oxygens (including phenoxy) is 1. The van der Waals surface area contributed by atoms with E-state index in [0.717, 1.165) is 38.1 Å². The third-order valence-electron chi connectivity index (χ3n) is 5.16. The van der Waals surface area contributed by atoms with Crippen LogP contribution in [0, 0.1) is 0 Å². The number of nitrogens with one attached hydrogen (secondary N) is 2. The molecule has 1 atom stereocenters. The second-order valence-corrected chi connectivity index (χ2v) is 7.36. The van der Waals surface area contributed by atoms with E-state index < -0.39 is 5.91 Å². The van der Waals surface area contributed by atoms with E-state index in [1.54, 1.807) is 7.11 Å². The zero-order chi connectivity index (χ0) is 19.5. The third-order valence-corrected chi connectivity index (χ3v) is 5.16. The molecule has 148 valence electrons. The Morgan fingerprint density at radius 2 is 2.07 bits per heavy atom. The summed E-state index contributed by atoms with van der Waals surface area (Å²) in [7, 11) is 1.75. The molecule has 4 rings (SSSR count). The molecule has 4 N–H and O–H groups in total. The lowest BCUT2D eigenvalue weighted by atomic mass is 10.2. The minimum Gasteiger partial charge on any atom is -0.383 e. The molecule has 1 saturated carbocycles. The molecule has 0 spiro atoms. The van der Waals surface area contributed by atoms with Gasteiger partial charge in [-0.1, -0.05) is 0 Å². The Hall–Kier alpha value is -2.87. The van der Waals surface area contributed by atoms with Crippen LogP contribution >= 0.6 is 0 Å². The average molecular weight is 382 g/mol. The molecule has 1 aromatic heterocycles. The summed E-state index contributed by atoms with van der Waals surface area (Å²) in [4.78, 5) is 22.7. The summed E-state index contributed by atoms with van der Waals surface area (Å²) in [5.41, 5.74) is 7.81. The fourth-order valence-electron chi connectivity index (χ4n) is 3.56. The number of rotatable bonds is 8. The van der Waals surface area contributed by atoms with Crippen molar-refractivity contribution in [3.8, 4) is 0 Å². The molecular formula is C20H26N6O2. The molecule has 2 heterocycles. The molecule has 0 unspecified atom stereocenters. The van der Waals surface area contributed by atoms with E-state index in [0.29, 0.717) is 29.4 Å². The quantitative estimate of drug-likeness (QED) is 0.644. The van der Waals surface area contributed by atoms with Crippen LogP contribution in [0.15, 0.2) is 30.5 Å². The SMILES string of the molecule is COC[C@@H]1CCCN1c1ccc(Nc2ncc(C(N)=O)c(NC3CC3)n2)cc1. The molecule has 2 aromatic rings. The van der Waals surface area contributed by atoms with Crippen molar-refractivity contribution in [1.82, 2.24) is 9.97 Å². The lowest BCUT2D eigenvalue weighted by Crippen LogP contribution is -2.32. The Kier molecular flexibility index (Phi) is 5.29. The topological polar surface area (TPSA) is 105 Å². The highest BCUT2D eigenvalue weighted by atomic mass is 16.5. The summed E-state index contributed by atoms with van der Waals surface area (Å²) in [5, 5.41) is 6.45. The minimum atomic E-state index is -0.532. The maximum Gasteiger partial charge on any atom is 0.254 e. The van der Waals surface area contributed by atoms with Crippen molar-refractivity contribution < 1.29 is 9.53 Å². The summed E-state index contributed by atoms with van der Waals surface area (Å²) >= 11 is 0. The van der Waals surface area contributed by atoms with Crippen molar-refractivity contribution >= 4 is 29.0 Å². The maximum absolute atomic E-state index is 11.6. The van der Waals surface area contributed by atoms with Crippen molar-refractivity contribution in [2.75, 3.05) is 35.8 Å². The van der Waals surface area contributed by atoms with Gasteiger partial charge < -0.3 is 26.0 Å². The zero-order valence-electron chi connectivity index (χ0n) is 16.0. The number of hydrogen-bond acceptors (Lipinski definition) is 7. The number of methoxy groups -OCH3 is 1. The van der Waals surface area contributed by atoms with Crippen LogP contribution in [-0.2, 0) is 4.74 Å². The number of nitrogens with zero attached hydrogens (tertiary/aromatic N) is 3. The van der Waals surface area contributed by atoms with Crippen LogP contribution in [0.25, 0.3) is 0 Å². The van der Waals surface area contributed by atoms with Gasteiger partial charge in [0.25, 0.3) is 5.91 Å². The largest absolute Gasteiger partial charge is 0.383 e. The lowest BCUT2D eigenvalue weighted by molar-refractivity contribution is 0.100. The first-order chi connectivity index (χ1) is 13.6. The van der Waals surface area contributed by atoms with Crippen LogP contribution in [0.1, 0.15) is 36.0 Å². The van der Waals surface area contributed by atoms with Crippen molar-refractivity contribution in [3.05, 3.63) is 36.0 Å². The van der Waals surface area contributed by atoms with Crippen LogP contribution in [-0.4, -0.2) is 48.2 Å². The number of aromatic nitrogens is 2. The Labute approximate surface area is 164 Å². The Bertz CT molecular complexity index is 837. The number of primary amides is 1. The standard InChI is InChI=1S/C20H26N6O2/c1-28-12-16-3-2-10-26(16)15-8-6-14(7-9-15)24-20-22-11-17(18(21)27)19(25-20)23-13-4-5-13/h6-9,11,13,16H,2-5,10,12H2,1H3,(H2,21,27)(H2,22,23,24,25)/t16-/m0/s1. The molecule has 0 radical (unpaired) electrons. The molecule has 28 heavy (non-hydrogen) atoms.